The molecule has 2 aliphatic heterocycles. The molecule has 3 rings (SSSR count). The summed E-state index contributed by atoms with van der Waals surface area (Å²) in [4.78, 5) is 27.3. The molecule has 2 fully saturated rings. The molecule has 0 bridgehead atoms. The number of piperidine rings is 1. The average Bonchev–Trinajstić information content (AvgIpc) is 3.27. The van der Waals surface area contributed by atoms with Crippen molar-refractivity contribution in [2.24, 2.45) is 0 Å². The maximum Gasteiger partial charge on any atom is 0.238 e. The fourth-order valence-corrected chi connectivity index (χ4v) is 6.45. The van der Waals surface area contributed by atoms with Crippen molar-refractivity contribution in [3.63, 3.8) is 0 Å². The highest BCUT2D eigenvalue weighted by atomic mass is 32.2. The zero-order valence-corrected chi connectivity index (χ0v) is 22.0. The van der Waals surface area contributed by atoms with Crippen molar-refractivity contribution in [1.82, 2.24) is 15.5 Å². The van der Waals surface area contributed by atoms with E-state index in [9.17, 15) is 9.59 Å². The summed E-state index contributed by atoms with van der Waals surface area (Å²) in [7, 11) is 0. The Kier molecular flexibility index (Phi) is 11.8. The summed E-state index contributed by atoms with van der Waals surface area (Å²) in [6.07, 6.45) is 14.9. The Morgan fingerprint density at radius 2 is 1.65 bits per heavy atom. The molecule has 6 heteroatoms. The molecule has 0 aromatic heterocycles. The van der Waals surface area contributed by atoms with E-state index in [0.29, 0.717) is 18.9 Å². The SMILES string of the molecule is CCCCCCCCCCCC(=O)N1CCC2(CC1)NC(C(=O)NCCc1ccccc1)CS2. The molecule has 34 heavy (non-hydrogen) atoms. The maximum atomic E-state index is 12.7. The zero-order chi connectivity index (χ0) is 24.1. The topological polar surface area (TPSA) is 61.4 Å². The number of hydrogen-bond donors (Lipinski definition) is 2. The van der Waals surface area contributed by atoms with Crippen LogP contribution < -0.4 is 10.6 Å². The van der Waals surface area contributed by atoms with Crippen LogP contribution in [0.25, 0.3) is 0 Å². The number of amides is 2. The van der Waals surface area contributed by atoms with Gasteiger partial charge in [0.05, 0.1) is 10.9 Å². The predicted octanol–water partition coefficient (Wildman–Crippen LogP) is 5.29. The fraction of sp³-hybridized carbons (Fsp3) is 0.714. The van der Waals surface area contributed by atoms with Gasteiger partial charge in [0.25, 0.3) is 0 Å². The van der Waals surface area contributed by atoms with Crippen molar-refractivity contribution in [3.05, 3.63) is 35.9 Å². The van der Waals surface area contributed by atoms with Crippen LogP contribution in [0.5, 0.6) is 0 Å². The number of nitrogens with one attached hydrogen (secondary N) is 2. The monoisotopic (exact) mass is 487 g/mol. The largest absolute Gasteiger partial charge is 0.354 e. The highest BCUT2D eigenvalue weighted by Crippen LogP contribution is 2.39. The Bertz CT molecular complexity index is 734. The van der Waals surface area contributed by atoms with Crippen molar-refractivity contribution < 1.29 is 9.59 Å². The normalized spacial score (nSPS) is 19.4. The number of unbranched alkanes of at least 4 members (excludes halogenated alkanes) is 8. The highest BCUT2D eigenvalue weighted by Gasteiger charge is 2.44. The maximum absolute atomic E-state index is 12.7. The van der Waals surface area contributed by atoms with E-state index in [4.69, 9.17) is 0 Å². The molecule has 2 aliphatic rings. The van der Waals surface area contributed by atoms with Crippen LogP contribution in [0.15, 0.2) is 30.3 Å². The van der Waals surface area contributed by atoms with Crippen LogP contribution in [-0.2, 0) is 16.0 Å². The van der Waals surface area contributed by atoms with Gasteiger partial charge in [0.1, 0.15) is 0 Å². The molecule has 190 valence electrons. The first-order valence-corrected chi connectivity index (χ1v) is 14.6. The summed E-state index contributed by atoms with van der Waals surface area (Å²) < 4.78 is 0. The third-order valence-electron chi connectivity index (χ3n) is 7.25. The van der Waals surface area contributed by atoms with Gasteiger partial charge in [-0.25, -0.2) is 0 Å². The number of thioether (sulfide) groups is 1. The molecule has 2 amide bonds. The summed E-state index contributed by atoms with van der Waals surface area (Å²) in [6.45, 7) is 4.53. The van der Waals surface area contributed by atoms with E-state index >= 15 is 0 Å². The van der Waals surface area contributed by atoms with Gasteiger partial charge in [0, 0.05) is 31.8 Å². The quantitative estimate of drug-likeness (QED) is 0.350. The molecule has 1 aromatic carbocycles. The van der Waals surface area contributed by atoms with Crippen LogP contribution in [0.2, 0.25) is 0 Å². The van der Waals surface area contributed by atoms with E-state index < -0.39 is 0 Å². The zero-order valence-electron chi connectivity index (χ0n) is 21.2. The lowest BCUT2D eigenvalue weighted by Crippen LogP contribution is -2.54. The minimum absolute atomic E-state index is 0.0456. The Morgan fingerprint density at radius 3 is 2.32 bits per heavy atom. The molecule has 2 saturated heterocycles. The fourth-order valence-electron chi connectivity index (χ4n) is 5.03. The Labute approximate surface area is 211 Å². The van der Waals surface area contributed by atoms with Gasteiger partial charge in [-0.05, 0) is 31.2 Å². The predicted molar refractivity (Wildman–Crippen MR) is 143 cm³/mol. The lowest BCUT2D eigenvalue weighted by molar-refractivity contribution is -0.132. The van der Waals surface area contributed by atoms with Crippen LogP contribution in [0.4, 0.5) is 0 Å². The summed E-state index contributed by atoms with van der Waals surface area (Å²) in [5.41, 5.74) is 1.24. The second-order valence-electron chi connectivity index (χ2n) is 9.99. The van der Waals surface area contributed by atoms with E-state index in [1.165, 1.54) is 56.9 Å². The van der Waals surface area contributed by atoms with Gasteiger partial charge in [-0.2, -0.15) is 0 Å². The summed E-state index contributed by atoms with van der Waals surface area (Å²) in [6, 6.07) is 10.1. The molecular weight excluding hydrogens is 442 g/mol. The Hall–Kier alpha value is -1.53. The first-order valence-electron chi connectivity index (χ1n) is 13.6. The van der Waals surface area contributed by atoms with E-state index in [2.05, 4.69) is 29.7 Å². The van der Waals surface area contributed by atoms with E-state index in [1.54, 1.807) is 0 Å². The number of hydrogen-bond acceptors (Lipinski definition) is 4. The molecule has 2 heterocycles. The first-order chi connectivity index (χ1) is 16.6. The van der Waals surface area contributed by atoms with Crippen molar-refractivity contribution in [2.75, 3.05) is 25.4 Å². The minimum atomic E-state index is -0.134. The number of carbonyl (C=O) groups is 2. The van der Waals surface area contributed by atoms with Crippen molar-refractivity contribution >= 4 is 23.6 Å². The summed E-state index contributed by atoms with van der Waals surface area (Å²) >= 11 is 1.87. The van der Waals surface area contributed by atoms with E-state index in [-0.39, 0.29) is 16.8 Å². The van der Waals surface area contributed by atoms with Crippen LogP contribution in [0.1, 0.15) is 89.5 Å². The van der Waals surface area contributed by atoms with Gasteiger partial charge in [0.15, 0.2) is 0 Å². The van der Waals surface area contributed by atoms with E-state index in [1.807, 2.05) is 34.9 Å². The second-order valence-corrected chi connectivity index (χ2v) is 11.4. The highest BCUT2D eigenvalue weighted by molar-refractivity contribution is 8.01. The number of likely N-dealkylation sites (tertiary alicyclic amines) is 1. The van der Waals surface area contributed by atoms with Crippen molar-refractivity contribution in [2.45, 2.75) is 101 Å². The smallest absolute Gasteiger partial charge is 0.238 e. The summed E-state index contributed by atoms with van der Waals surface area (Å²) in [5, 5.41) is 6.70. The van der Waals surface area contributed by atoms with Crippen molar-refractivity contribution in [3.8, 4) is 0 Å². The van der Waals surface area contributed by atoms with Crippen LogP contribution in [0, 0.1) is 0 Å². The van der Waals surface area contributed by atoms with Crippen molar-refractivity contribution in [1.29, 1.82) is 0 Å². The molecule has 1 spiro atoms. The third kappa shape index (κ3) is 8.92. The molecule has 1 atom stereocenters. The first kappa shape index (κ1) is 27.1. The van der Waals surface area contributed by atoms with Crippen LogP contribution >= 0.6 is 11.8 Å². The number of carbonyl (C=O) groups excluding carboxylic acids is 2. The number of nitrogens with zero attached hydrogens (tertiary/aromatic N) is 1. The average molecular weight is 488 g/mol. The standard InChI is InChI=1S/C28H45N3O2S/c1-2-3-4-5-6-7-8-9-13-16-26(32)31-21-18-28(19-22-31)30-25(23-34-28)27(33)29-20-17-24-14-11-10-12-15-24/h10-12,14-15,25,30H,2-9,13,16-23H2,1H3,(H,29,33). The molecular formula is C28H45N3O2S. The van der Waals surface area contributed by atoms with Crippen LogP contribution in [0.3, 0.4) is 0 Å². The molecule has 2 N–H and O–H groups in total. The number of benzene rings is 1. The van der Waals surface area contributed by atoms with Gasteiger partial charge in [0.2, 0.25) is 11.8 Å². The third-order valence-corrected chi connectivity index (χ3v) is 8.83. The minimum Gasteiger partial charge on any atom is -0.354 e. The molecule has 1 aromatic rings. The number of rotatable bonds is 14. The van der Waals surface area contributed by atoms with E-state index in [0.717, 1.165) is 44.5 Å². The summed E-state index contributed by atoms with van der Waals surface area (Å²) in [5.74, 6) is 1.23. The van der Waals surface area contributed by atoms with Gasteiger partial charge in [-0.3, -0.25) is 14.9 Å². The van der Waals surface area contributed by atoms with Gasteiger partial charge in [-0.15, -0.1) is 11.8 Å². The lowest BCUT2D eigenvalue weighted by atomic mass is 10.0. The van der Waals surface area contributed by atoms with Gasteiger partial charge < -0.3 is 10.2 Å². The van der Waals surface area contributed by atoms with Crippen LogP contribution in [-0.4, -0.2) is 53.0 Å². The molecule has 5 nitrogen and oxygen atoms in total. The second kappa shape index (κ2) is 14.8. The lowest BCUT2D eigenvalue weighted by Gasteiger charge is -2.39. The molecule has 0 saturated carbocycles. The Balaban J connectivity index is 1.26. The van der Waals surface area contributed by atoms with Gasteiger partial charge in [-0.1, -0.05) is 88.6 Å². The molecule has 0 radical (unpaired) electrons. The van der Waals surface area contributed by atoms with Gasteiger partial charge >= 0.3 is 0 Å². The molecule has 0 aliphatic carbocycles. The Morgan fingerprint density at radius 1 is 1.00 bits per heavy atom. The molecule has 1 unspecified atom stereocenters.